The van der Waals surface area contributed by atoms with E-state index >= 15 is 0 Å². The molecule has 1 atom stereocenters. The van der Waals surface area contributed by atoms with Gasteiger partial charge in [0, 0.05) is 19.0 Å². The predicted molar refractivity (Wildman–Crippen MR) is 74.1 cm³/mol. The van der Waals surface area contributed by atoms with Crippen LogP contribution in [-0.4, -0.2) is 35.3 Å². The first-order valence-corrected chi connectivity index (χ1v) is 6.82. The molecule has 0 bridgehead atoms. The van der Waals surface area contributed by atoms with Crippen molar-refractivity contribution in [1.82, 2.24) is 10.2 Å². The molecule has 2 rings (SSSR count). The van der Waals surface area contributed by atoms with E-state index in [1.54, 1.807) is 4.90 Å². The average molecular weight is 299 g/mol. The third-order valence-electron chi connectivity index (χ3n) is 3.31. The smallest absolute Gasteiger partial charge is 0.256 e. The Morgan fingerprint density at radius 2 is 2.20 bits per heavy atom. The van der Waals surface area contributed by atoms with Gasteiger partial charge in [0.25, 0.3) is 5.91 Å². The van der Waals surface area contributed by atoms with Crippen molar-refractivity contribution in [3.8, 4) is 0 Å². The van der Waals surface area contributed by atoms with E-state index in [-0.39, 0.29) is 35.0 Å². The van der Waals surface area contributed by atoms with Gasteiger partial charge in [0.15, 0.2) is 0 Å². The summed E-state index contributed by atoms with van der Waals surface area (Å²) in [5.74, 6) is -1.26. The number of halogens is 2. The monoisotopic (exact) mass is 298 g/mol. The molecule has 20 heavy (non-hydrogen) atoms. The standard InChI is InChI=1S/C14H16ClFN2O2/c1-8(2)18-7-9(6-12(18)19)17-14(20)13-10(15)4-3-5-11(13)16/h3-5,8-9H,6-7H2,1-2H3,(H,17,20). The van der Waals surface area contributed by atoms with Gasteiger partial charge in [-0.15, -0.1) is 0 Å². The van der Waals surface area contributed by atoms with Crippen LogP contribution in [0.5, 0.6) is 0 Å². The molecule has 1 unspecified atom stereocenters. The largest absolute Gasteiger partial charge is 0.347 e. The number of nitrogens with one attached hydrogen (secondary N) is 1. The molecule has 1 aliphatic heterocycles. The number of hydrogen-bond acceptors (Lipinski definition) is 2. The first kappa shape index (κ1) is 14.8. The van der Waals surface area contributed by atoms with Gasteiger partial charge in [0.2, 0.25) is 5.91 Å². The lowest BCUT2D eigenvalue weighted by atomic mass is 10.1. The number of hydrogen-bond donors (Lipinski definition) is 1. The fraction of sp³-hybridized carbons (Fsp3) is 0.429. The zero-order valence-corrected chi connectivity index (χ0v) is 12.1. The molecule has 0 spiro atoms. The molecular weight excluding hydrogens is 283 g/mol. The van der Waals surface area contributed by atoms with E-state index in [9.17, 15) is 14.0 Å². The number of likely N-dealkylation sites (tertiary alicyclic amines) is 1. The van der Waals surface area contributed by atoms with Crippen LogP contribution in [-0.2, 0) is 4.79 Å². The molecular formula is C14H16ClFN2O2. The molecule has 4 nitrogen and oxygen atoms in total. The summed E-state index contributed by atoms with van der Waals surface area (Å²) >= 11 is 5.84. The van der Waals surface area contributed by atoms with Gasteiger partial charge in [-0.25, -0.2) is 4.39 Å². The summed E-state index contributed by atoms with van der Waals surface area (Å²) in [5, 5.41) is 2.73. The molecule has 1 aliphatic rings. The highest BCUT2D eigenvalue weighted by Crippen LogP contribution is 2.20. The summed E-state index contributed by atoms with van der Waals surface area (Å²) in [5.41, 5.74) is -0.176. The van der Waals surface area contributed by atoms with Gasteiger partial charge in [0.05, 0.1) is 16.6 Å². The van der Waals surface area contributed by atoms with Crippen LogP contribution in [0.25, 0.3) is 0 Å². The fourth-order valence-electron chi connectivity index (χ4n) is 2.30. The van der Waals surface area contributed by atoms with Crippen LogP contribution in [0.1, 0.15) is 30.6 Å². The first-order valence-electron chi connectivity index (χ1n) is 6.44. The Morgan fingerprint density at radius 3 is 2.75 bits per heavy atom. The molecule has 0 aliphatic carbocycles. The van der Waals surface area contributed by atoms with Crippen molar-refractivity contribution in [1.29, 1.82) is 0 Å². The van der Waals surface area contributed by atoms with Crippen molar-refractivity contribution < 1.29 is 14.0 Å². The van der Waals surface area contributed by atoms with E-state index in [2.05, 4.69) is 5.32 Å². The SMILES string of the molecule is CC(C)N1CC(NC(=O)c2c(F)cccc2Cl)CC1=O. The molecule has 6 heteroatoms. The number of rotatable bonds is 3. The number of amides is 2. The summed E-state index contributed by atoms with van der Waals surface area (Å²) in [6.07, 6.45) is 0.232. The van der Waals surface area contributed by atoms with Crippen molar-refractivity contribution in [3.05, 3.63) is 34.6 Å². The Labute approximate surface area is 121 Å². The van der Waals surface area contributed by atoms with Gasteiger partial charge >= 0.3 is 0 Å². The molecule has 1 saturated heterocycles. The van der Waals surface area contributed by atoms with Crippen LogP contribution in [0.3, 0.4) is 0 Å². The summed E-state index contributed by atoms with van der Waals surface area (Å²) in [7, 11) is 0. The van der Waals surface area contributed by atoms with E-state index in [1.165, 1.54) is 18.2 Å². The lowest BCUT2D eigenvalue weighted by Crippen LogP contribution is -2.39. The molecule has 1 aromatic rings. The second kappa shape index (κ2) is 5.79. The van der Waals surface area contributed by atoms with E-state index in [0.29, 0.717) is 6.54 Å². The fourth-order valence-corrected chi connectivity index (χ4v) is 2.55. The van der Waals surface area contributed by atoms with Crippen molar-refractivity contribution in [2.45, 2.75) is 32.4 Å². The van der Waals surface area contributed by atoms with E-state index in [4.69, 9.17) is 11.6 Å². The topological polar surface area (TPSA) is 49.4 Å². The Bertz CT molecular complexity index is 528. The molecule has 0 radical (unpaired) electrons. The van der Waals surface area contributed by atoms with E-state index in [0.717, 1.165) is 0 Å². The van der Waals surface area contributed by atoms with E-state index < -0.39 is 11.7 Å². The zero-order valence-electron chi connectivity index (χ0n) is 11.3. The molecule has 1 N–H and O–H groups in total. The molecule has 1 aromatic carbocycles. The van der Waals surface area contributed by atoms with Gasteiger partial charge in [0.1, 0.15) is 5.82 Å². The molecule has 2 amide bonds. The highest BCUT2D eigenvalue weighted by atomic mass is 35.5. The summed E-state index contributed by atoms with van der Waals surface area (Å²) < 4.78 is 13.6. The maximum absolute atomic E-state index is 13.6. The van der Waals surface area contributed by atoms with Gasteiger partial charge in [-0.1, -0.05) is 17.7 Å². The maximum atomic E-state index is 13.6. The summed E-state index contributed by atoms with van der Waals surface area (Å²) in [6.45, 7) is 4.26. The van der Waals surface area contributed by atoms with Crippen LogP contribution >= 0.6 is 11.6 Å². The Balaban J connectivity index is 2.08. The van der Waals surface area contributed by atoms with Gasteiger partial charge in [-0.3, -0.25) is 9.59 Å². The molecule has 108 valence electrons. The minimum Gasteiger partial charge on any atom is -0.347 e. The summed E-state index contributed by atoms with van der Waals surface area (Å²) in [4.78, 5) is 25.5. The second-order valence-corrected chi connectivity index (χ2v) is 5.52. The lowest BCUT2D eigenvalue weighted by Gasteiger charge is -2.21. The summed E-state index contributed by atoms with van der Waals surface area (Å²) in [6, 6.07) is 3.85. The number of carbonyl (C=O) groups excluding carboxylic acids is 2. The Hall–Kier alpha value is -1.62. The number of carbonyl (C=O) groups is 2. The van der Waals surface area contributed by atoms with E-state index in [1.807, 2.05) is 13.8 Å². The predicted octanol–water partition coefficient (Wildman–Crippen LogP) is 2.22. The van der Waals surface area contributed by atoms with Crippen LogP contribution in [0.15, 0.2) is 18.2 Å². The van der Waals surface area contributed by atoms with Crippen LogP contribution in [0, 0.1) is 5.82 Å². The molecule has 0 saturated carbocycles. The van der Waals surface area contributed by atoms with Crippen LogP contribution in [0.2, 0.25) is 5.02 Å². The van der Waals surface area contributed by atoms with Gasteiger partial charge in [-0.2, -0.15) is 0 Å². The minimum absolute atomic E-state index is 0.00932. The van der Waals surface area contributed by atoms with Gasteiger partial charge < -0.3 is 10.2 Å². The van der Waals surface area contributed by atoms with Crippen molar-refractivity contribution in [2.75, 3.05) is 6.54 Å². The first-order chi connectivity index (χ1) is 9.40. The molecule has 1 heterocycles. The van der Waals surface area contributed by atoms with Crippen molar-refractivity contribution in [3.63, 3.8) is 0 Å². The minimum atomic E-state index is -0.667. The van der Waals surface area contributed by atoms with Crippen molar-refractivity contribution >= 4 is 23.4 Å². The Morgan fingerprint density at radius 1 is 1.50 bits per heavy atom. The number of nitrogens with zero attached hydrogens (tertiary/aromatic N) is 1. The zero-order chi connectivity index (χ0) is 14.9. The third kappa shape index (κ3) is 2.93. The Kier molecular flexibility index (Phi) is 4.28. The third-order valence-corrected chi connectivity index (χ3v) is 3.62. The second-order valence-electron chi connectivity index (χ2n) is 5.11. The van der Waals surface area contributed by atoms with Crippen molar-refractivity contribution in [2.24, 2.45) is 0 Å². The lowest BCUT2D eigenvalue weighted by molar-refractivity contribution is -0.129. The highest BCUT2D eigenvalue weighted by molar-refractivity contribution is 6.33. The molecule has 0 aromatic heterocycles. The van der Waals surface area contributed by atoms with Crippen LogP contribution in [0.4, 0.5) is 4.39 Å². The maximum Gasteiger partial charge on any atom is 0.256 e. The van der Waals surface area contributed by atoms with Gasteiger partial charge in [-0.05, 0) is 26.0 Å². The average Bonchev–Trinajstić information content (AvgIpc) is 2.70. The number of benzene rings is 1. The molecule has 1 fully saturated rings. The van der Waals surface area contributed by atoms with Crippen LogP contribution < -0.4 is 5.32 Å². The quantitative estimate of drug-likeness (QED) is 0.930. The highest BCUT2D eigenvalue weighted by Gasteiger charge is 2.32. The normalized spacial score (nSPS) is 18.8.